The number of amides is 1. The lowest BCUT2D eigenvalue weighted by Gasteiger charge is -2.38. The van der Waals surface area contributed by atoms with E-state index in [1.54, 1.807) is 17.0 Å². The molecule has 1 heterocycles. The average molecular weight is 301 g/mol. The van der Waals surface area contributed by atoms with Crippen LogP contribution in [0.1, 0.15) is 25.7 Å². The van der Waals surface area contributed by atoms with Gasteiger partial charge in [0.25, 0.3) is 0 Å². The van der Waals surface area contributed by atoms with E-state index in [-0.39, 0.29) is 11.7 Å². The maximum absolute atomic E-state index is 13.8. The summed E-state index contributed by atoms with van der Waals surface area (Å²) in [6.07, 6.45) is 3.26. The molecule has 4 nitrogen and oxygen atoms in total. The second-order valence-electron chi connectivity index (χ2n) is 6.13. The molecule has 5 heteroatoms. The summed E-state index contributed by atoms with van der Waals surface area (Å²) in [5.74, 6) is -0.257. The summed E-state index contributed by atoms with van der Waals surface area (Å²) in [7, 11) is 0. The highest BCUT2D eigenvalue weighted by atomic mass is 19.1. The third kappa shape index (κ3) is 2.54. The van der Waals surface area contributed by atoms with Crippen molar-refractivity contribution in [2.24, 2.45) is 5.41 Å². The summed E-state index contributed by atoms with van der Waals surface area (Å²) in [6, 6.07) is 8.98. The summed E-state index contributed by atoms with van der Waals surface area (Å²) < 4.78 is 13.8. The molecule has 1 aromatic carbocycles. The lowest BCUT2D eigenvalue weighted by Crippen LogP contribution is -2.52. The molecule has 1 saturated heterocycles. The van der Waals surface area contributed by atoms with Crippen molar-refractivity contribution in [3.63, 3.8) is 0 Å². The number of nitriles is 1. The van der Waals surface area contributed by atoms with Crippen molar-refractivity contribution in [3.8, 4) is 6.07 Å². The number of halogens is 1. The zero-order valence-electron chi connectivity index (χ0n) is 12.6. The van der Waals surface area contributed by atoms with Crippen molar-refractivity contribution in [1.29, 1.82) is 5.26 Å². The summed E-state index contributed by atoms with van der Waals surface area (Å²) in [4.78, 5) is 16.4. The third-order valence-corrected chi connectivity index (χ3v) is 4.84. The van der Waals surface area contributed by atoms with Gasteiger partial charge in [-0.05, 0) is 25.0 Å². The van der Waals surface area contributed by atoms with E-state index < -0.39 is 5.41 Å². The van der Waals surface area contributed by atoms with Gasteiger partial charge in [0.1, 0.15) is 11.2 Å². The van der Waals surface area contributed by atoms with Gasteiger partial charge in [0.15, 0.2) is 0 Å². The number of nitrogens with zero attached hydrogens (tertiary/aromatic N) is 3. The number of para-hydroxylation sites is 1. The third-order valence-electron chi connectivity index (χ3n) is 4.84. The van der Waals surface area contributed by atoms with E-state index in [1.807, 2.05) is 11.0 Å². The molecule has 1 amide bonds. The summed E-state index contributed by atoms with van der Waals surface area (Å²) in [5, 5.41) is 9.43. The smallest absolute Gasteiger partial charge is 0.243 e. The molecule has 116 valence electrons. The number of hydrogen-bond acceptors (Lipinski definition) is 3. The zero-order valence-corrected chi connectivity index (χ0v) is 12.6. The van der Waals surface area contributed by atoms with Crippen LogP contribution < -0.4 is 4.90 Å². The molecule has 0 N–H and O–H groups in total. The quantitative estimate of drug-likeness (QED) is 0.843. The molecule has 0 atom stereocenters. The summed E-state index contributed by atoms with van der Waals surface area (Å²) in [5.41, 5.74) is -0.217. The molecular weight excluding hydrogens is 281 g/mol. The molecule has 0 aromatic heterocycles. The minimum atomic E-state index is -0.805. The first kappa shape index (κ1) is 14.8. The van der Waals surface area contributed by atoms with Gasteiger partial charge in [-0.15, -0.1) is 0 Å². The Morgan fingerprint density at radius 1 is 1.14 bits per heavy atom. The van der Waals surface area contributed by atoms with Crippen LogP contribution in [0.4, 0.5) is 10.1 Å². The van der Waals surface area contributed by atoms with Gasteiger partial charge in [-0.3, -0.25) is 4.79 Å². The van der Waals surface area contributed by atoms with Crippen molar-refractivity contribution in [1.82, 2.24) is 4.90 Å². The van der Waals surface area contributed by atoms with Crippen molar-refractivity contribution in [2.75, 3.05) is 31.1 Å². The molecule has 0 bridgehead atoms. The number of rotatable bonds is 2. The van der Waals surface area contributed by atoms with E-state index in [2.05, 4.69) is 6.07 Å². The molecule has 22 heavy (non-hydrogen) atoms. The molecule has 3 rings (SSSR count). The highest BCUT2D eigenvalue weighted by Gasteiger charge is 2.44. The maximum atomic E-state index is 13.8. The Kier molecular flexibility index (Phi) is 4.02. The molecule has 0 unspecified atom stereocenters. The Labute approximate surface area is 130 Å². The van der Waals surface area contributed by atoms with Gasteiger partial charge in [-0.1, -0.05) is 25.0 Å². The topological polar surface area (TPSA) is 47.3 Å². The van der Waals surface area contributed by atoms with Gasteiger partial charge < -0.3 is 9.80 Å². The second kappa shape index (κ2) is 5.96. The minimum absolute atomic E-state index is 0.0271. The molecule has 2 fully saturated rings. The van der Waals surface area contributed by atoms with Crippen LogP contribution in [0.2, 0.25) is 0 Å². The number of carbonyl (C=O) groups is 1. The van der Waals surface area contributed by atoms with Crippen LogP contribution in [0.3, 0.4) is 0 Å². The molecule has 1 aliphatic heterocycles. The zero-order chi connectivity index (χ0) is 15.6. The number of benzene rings is 1. The van der Waals surface area contributed by atoms with Gasteiger partial charge >= 0.3 is 0 Å². The molecule has 0 radical (unpaired) electrons. The number of hydrogen-bond donors (Lipinski definition) is 0. The molecule has 1 aromatic rings. The van der Waals surface area contributed by atoms with E-state index in [9.17, 15) is 14.4 Å². The SMILES string of the molecule is N#CC1(C(=O)N2CCN(c3ccccc3F)CC2)CCCC1. The summed E-state index contributed by atoms with van der Waals surface area (Å²) >= 11 is 0. The van der Waals surface area contributed by atoms with E-state index in [1.165, 1.54) is 6.07 Å². The molecule has 1 saturated carbocycles. The highest BCUT2D eigenvalue weighted by Crippen LogP contribution is 2.39. The van der Waals surface area contributed by atoms with Crippen LogP contribution in [0, 0.1) is 22.6 Å². The normalized spacial score (nSPS) is 20.7. The molecule has 1 aliphatic carbocycles. The van der Waals surface area contributed by atoms with Gasteiger partial charge in [-0.25, -0.2) is 4.39 Å². The maximum Gasteiger partial charge on any atom is 0.243 e. The Morgan fingerprint density at radius 2 is 1.77 bits per heavy atom. The lowest BCUT2D eigenvalue weighted by atomic mass is 9.86. The Morgan fingerprint density at radius 3 is 2.36 bits per heavy atom. The van der Waals surface area contributed by atoms with Gasteiger partial charge in [0.05, 0.1) is 11.8 Å². The largest absolute Gasteiger partial charge is 0.366 e. The predicted molar refractivity (Wildman–Crippen MR) is 81.7 cm³/mol. The predicted octanol–water partition coefficient (Wildman–Crippen LogP) is 2.56. The van der Waals surface area contributed by atoms with Gasteiger partial charge in [0, 0.05) is 26.2 Å². The molecule has 2 aliphatic rings. The second-order valence-corrected chi connectivity index (χ2v) is 6.13. The minimum Gasteiger partial charge on any atom is -0.366 e. The number of piperazine rings is 1. The van der Waals surface area contributed by atoms with Crippen LogP contribution in [0.25, 0.3) is 0 Å². The number of anilines is 1. The van der Waals surface area contributed by atoms with E-state index in [0.29, 0.717) is 44.7 Å². The van der Waals surface area contributed by atoms with Crippen LogP contribution in [-0.2, 0) is 4.79 Å². The first-order valence-electron chi connectivity index (χ1n) is 7.86. The lowest BCUT2D eigenvalue weighted by molar-refractivity contribution is -0.139. The molecule has 0 spiro atoms. The Hall–Kier alpha value is -2.09. The van der Waals surface area contributed by atoms with Crippen molar-refractivity contribution < 1.29 is 9.18 Å². The van der Waals surface area contributed by atoms with E-state index >= 15 is 0 Å². The first-order chi connectivity index (χ1) is 10.7. The fourth-order valence-electron chi connectivity index (χ4n) is 3.51. The summed E-state index contributed by atoms with van der Waals surface area (Å²) in [6.45, 7) is 2.32. The van der Waals surface area contributed by atoms with Crippen LogP contribution in [-0.4, -0.2) is 37.0 Å². The fourth-order valence-corrected chi connectivity index (χ4v) is 3.51. The van der Waals surface area contributed by atoms with Crippen molar-refractivity contribution >= 4 is 11.6 Å². The van der Waals surface area contributed by atoms with E-state index in [4.69, 9.17) is 0 Å². The van der Waals surface area contributed by atoms with Gasteiger partial charge in [-0.2, -0.15) is 5.26 Å². The monoisotopic (exact) mass is 301 g/mol. The highest BCUT2D eigenvalue weighted by molar-refractivity contribution is 5.86. The Bertz CT molecular complexity index is 596. The first-order valence-corrected chi connectivity index (χ1v) is 7.86. The average Bonchev–Trinajstić information content (AvgIpc) is 3.05. The van der Waals surface area contributed by atoms with Crippen LogP contribution >= 0.6 is 0 Å². The van der Waals surface area contributed by atoms with Crippen molar-refractivity contribution in [3.05, 3.63) is 30.1 Å². The van der Waals surface area contributed by atoms with Crippen molar-refractivity contribution in [2.45, 2.75) is 25.7 Å². The van der Waals surface area contributed by atoms with E-state index in [0.717, 1.165) is 12.8 Å². The van der Waals surface area contributed by atoms with Crippen LogP contribution in [0.15, 0.2) is 24.3 Å². The standard InChI is InChI=1S/C17H20FN3O/c18-14-5-1-2-6-15(14)20-9-11-21(12-10-20)16(22)17(13-19)7-3-4-8-17/h1-2,5-6H,3-4,7-12H2. The fraction of sp³-hybridized carbons (Fsp3) is 0.529. The van der Waals surface area contributed by atoms with Gasteiger partial charge in [0.2, 0.25) is 5.91 Å². The number of carbonyl (C=O) groups excluding carboxylic acids is 1. The Balaban J connectivity index is 1.66. The molecular formula is C17H20FN3O. The van der Waals surface area contributed by atoms with Crippen LogP contribution in [0.5, 0.6) is 0 Å².